The van der Waals surface area contributed by atoms with Crippen molar-refractivity contribution in [2.24, 2.45) is 5.92 Å². The van der Waals surface area contributed by atoms with Crippen molar-refractivity contribution in [3.63, 3.8) is 0 Å². The summed E-state index contributed by atoms with van der Waals surface area (Å²) < 4.78 is 5.73. The van der Waals surface area contributed by atoms with E-state index in [0.29, 0.717) is 22.9 Å². The highest BCUT2D eigenvalue weighted by Gasteiger charge is 2.16. The molecule has 0 unspecified atom stereocenters. The molecule has 82 valence electrons. The second kappa shape index (κ2) is 4.81. The van der Waals surface area contributed by atoms with Gasteiger partial charge in [-0.05, 0) is 53.5 Å². The fourth-order valence-electron chi connectivity index (χ4n) is 1.65. The van der Waals surface area contributed by atoms with Crippen LogP contribution in [-0.2, 0) is 0 Å². The lowest BCUT2D eigenvalue weighted by Gasteiger charge is -2.08. The predicted octanol–water partition coefficient (Wildman–Crippen LogP) is 1.38. The molecule has 0 aliphatic carbocycles. The minimum Gasteiger partial charge on any atom is -0.444 e. The second-order valence-corrected chi connectivity index (χ2v) is 4.45. The minimum atomic E-state index is -0.146. The minimum absolute atomic E-state index is 0.146. The largest absolute Gasteiger partial charge is 0.444 e. The van der Waals surface area contributed by atoms with Crippen LogP contribution in [0.15, 0.2) is 21.2 Å². The lowest BCUT2D eigenvalue weighted by molar-refractivity contribution is 0.0919. The van der Waals surface area contributed by atoms with Crippen LogP contribution in [0, 0.1) is 5.92 Å². The molecule has 2 heterocycles. The van der Waals surface area contributed by atoms with Gasteiger partial charge in [-0.25, -0.2) is 0 Å². The topological polar surface area (TPSA) is 54.3 Å². The van der Waals surface area contributed by atoms with E-state index in [0.717, 1.165) is 19.5 Å². The summed E-state index contributed by atoms with van der Waals surface area (Å²) in [6.45, 7) is 2.75. The summed E-state index contributed by atoms with van der Waals surface area (Å²) in [4.78, 5) is 11.6. The Balaban J connectivity index is 1.81. The summed E-state index contributed by atoms with van der Waals surface area (Å²) >= 11 is 3.16. The monoisotopic (exact) mass is 272 g/mol. The second-order valence-electron chi connectivity index (χ2n) is 3.67. The van der Waals surface area contributed by atoms with E-state index < -0.39 is 0 Å². The van der Waals surface area contributed by atoms with Gasteiger partial charge in [-0.2, -0.15) is 0 Å². The molecular weight excluding hydrogens is 260 g/mol. The van der Waals surface area contributed by atoms with Crippen LogP contribution in [0.2, 0.25) is 0 Å². The Bertz CT molecular complexity index is 345. The molecule has 1 aromatic heterocycles. The van der Waals surface area contributed by atoms with Crippen molar-refractivity contribution < 1.29 is 9.21 Å². The number of nitrogens with one attached hydrogen (secondary N) is 2. The number of hydrogen-bond acceptors (Lipinski definition) is 3. The number of carbonyl (C=O) groups excluding carboxylic acids is 1. The highest BCUT2D eigenvalue weighted by Crippen LogP contribution is 2.14. The zero-order chi connectivity index (χ0) is 10.7. The van der Waals surface area contributed by atoms with Crippen LogP contribution in [0.25, 0.3) is 0 Å². The van der Waals surface area contributed by atoms with Gasteiger partial charge in [0.15, 0.2) is 10.4 Å². The van der Waals surface area contributed by atoms with Crippen molar-refractivity contribution in [2.75, 3.05) is 19.6 Å². The van der Waals surface area contributed by atoms with E-state index in [1.807, 2.05) is 0 Å². The average Bonchev–Trinajstić information content (AvgIpc) is 2.84. The first-order valence-corrected chi connectivity index (χ1v) is 5.79. The maximum absolute atomic E-state index is 11.6. The summed E-state index contributed by atoms with van der Waals surface area (Å²) in [6, 6.07) is 3.37. The summed E-state index contributed by atoms with van der Waals surface area (Å²) in [7, 11) is 0. The molecule has 0 radical (unpaired) electrons. The van der Waals surface area contributed by atoms with Gasteiger partial charge >= 0.3 is 0 Å². The molecule has 2 N–H and O–H groups in total. The highest BCUT2D eigenvalue weighted by molar-refractivity contribution is 9.10. The Morgan fingerprint density at radius 2 is 2.53 bits per heavy atom. The first-order chi connectivity index (χ1) is 7.25. The number of amides is 1. The predicted molar refractivity (Wildman–Crippen MR) is 59.7 cm³/mol. The molecule has 1 amide bonds. The summed E-state index contributed by atoms with van der Waals surface area (Å²) in [5.74, 6) is 0.757. The van der Waals surface area contributed by atoms with E-state index in [4.69, 9.17) is 4.42 Å². The van der Waals surface area contributed by atoms with Gasteiger partial charge in [0.2, 0.25) is 0 Å². The lowest BCUT2D eigenvalue weighted by atomic mass is 10.1. The van der Waals surface area contributed by atoms with Crippen molar-refractivity contribution in [3.05, 3.63) is 22.6 Å². The molecule has 5 heteroatoms. The molecular formula is C10H13BrN2O2. The Morgan fingerprint density at radius 3 is 3.13 bits per heavy atom. The van der Waals surface area contributed by atoms with E-state index in [1.165, 1.54) is 0 Å². The molecule has 1 fully saturated rings. The van der Waals surface area contributed by atoms with E-state index in [2.05, 4.69) is 26.6 Å². The van der Waals surface area contributed by atoms with Gasteiger partial charge in [0, 0.05) is 6.54 Å². The molecule has 1 aliphatic heterocycles. The van der Waals surface area contributed by atoms with Crippen LogP contribution in [0.5, 0.6) is 0 Å². The number of furan rings is 1. The van der Waals surface area contributed by atoms with Crippen LogP contribution in [0.3, 0.4) is 0 Å². The molecule has 0 spiro atoms. The van der Waals surface area contributed by atoms with Crippen molar-refractivity contribution in [1.82, 2.24) is 10.6 Å². The van der Waals surface area contributed by atoms with Gasteiger partial charge < -0.3 is 15.1 Å². The first-order valence-electron chi connectivity index (χ1n) is 5.00. The molecule has 1 aromatic rings. The third-order valence-electron chi connectivity index (χ3n) is 2.51. The summed E-state index contributed by atoms with van der Waals surface area (Å²) in [5, 5.41) is 6.12. The molecule has 1 atom stereocenters. The van der Waals surface area contributed by atoms with Gasteiger partial charge in [0.05, 0.1) is 0 Å². The summed E-state index contributed by atoms with van der Waals surface area (Å²) in [6.07, 6.45) is 1.13. The normalized spacial score (nSPS) is 20.5. The van der Waals surface area contributed by atoms with Crippen molar-refractivity contribution in [1.29, 1.82) is 0 Å². The van der Waals surface area contributed by atoms with Crippen LogP contribution in [-0.4, -0.2) is 25.5 Å². The fourth-order valence-corrected chi connectivity index (χ4v) is 1.96. The van der Waals surface area contributed by atoms with Gasteiger partial charge in [0.1, 0.15) is 0 Å². The van der Waals surface area contributed by atoms with Crippen LogP contribution >= 0.6 is 15.9 Å². The van der Waals surface area contributed by atoms with E-state index in [-0.39, 0.29) is 5.91 Å². The average molecular weight is 273 g/mol. The highest BCUT2D eigenvalue weighted by atomic mass is 79.9. The Kier molecular flexibility index (Phi) is 3.43. The third-order valence-corrected chi connectivity index (χ3v) is 2.94. The molecule has 0 aromatic carbocycles. The quantitative estimate of drug-likeness (QED) is 0.874. The maximum atomic E-state index is 11.6. The van der Waals surface area contributed by atoms with Crippen LogP contribution < -0.4 is 10.6 Å². The molecule has 0 bridgehead atoms. The first kappa shape index (κ1) is 10.7. The number of hydrogen-bond donors (Lipinski definition) is 2. The molecule has 4 nitrogen and oxygen atoms in total. The van der Waals surface area contributed by atoms with Crippen molar-refractivity contribution in [3.8, 4) is 0 Å². The van der Waals surface area contributed by atoms with Crippen LogP contribution in [0.1, 0.15) is 17.0 Å². The standard InChI is InChI=1S/C10H13BrN2O2/c11-9-2-1-8(15-9)10(14)13-6-7-3-4-12-5-7/h1-2,7,12H,3-6H2,(H,13,14)/t7-/m0/s1. The van der Waals surface area contributed by atoms with Gasteiger partial charge in [0.25, 0.3) is 5.91 Å². The van der Waals surface area contributed by atoms with Crippen LogP contribution in [0.4, 0.5) is 0 Å². The number of halogens is 1. The fraction of sp³-hybridized carbons (Fsp3) is 0.500. The number of rotatable bonds is 3. The Labute approximate surface area is 96.5 Å². The SMILES string of the molecule is O=C(NC[C@H]1CCNC1)c1ccc(Br)o1. The van der Waals surface area contributed by atoms with Gasteiger partial charge in [-0.15, -0.1) is 0 Å². The number of carbonyl (C=O) groups is 1. The van der Waals surface area contributed by atoms with E-state index in [1.54, 1.807) is 12.1 Å². The molecule has 1 saturated heterocycles. The van der Waals surface area contributed by atoms with Crippen molar-refractivity contribution >= 4 is 21.8 Å². The Hall–Kier alpha value is -0.810. The molecule has 2 rings (SSSR count). The molecule has 1 aliphatic rings. The smallest absolute Gasteiger partial charge is 0.287 e. The molecule has 0 saturated carbocycles. The lowest BCUT2D eigenvalue weighted by Crippen LogP contribution is -2.29. The Morgan fingerprint density at radius 1 is 1.67 bits per heavy atom. The van der Waals surface area contributed by atoms with E-state index in [9.17, 15) is 4.79 Å². The summed E-state index contributed by atoms with van der Waals surface area (Å²) in [5.41, 5.74) is 0. The van der Waals surface area contributed by atoms with Gasteiger partial charge in [-0.3, -0.25) is 4.79 Å². The molecule has 15 heavy (non-hydrogen) atoms. The zero-order valence-corrected chi connectivity index (χ0v) is 9.84. The third kappa shape index (κ3) is 2.82. The maximum Gasteiger partial charge on any atom is 0.287 e. The van der Waals surface area contributed by atoms with E-state index >= 15 is 0 Å². The van der Waals surface area contributed by atoms with Gasteiger partial charge in [-0.1, -0.05) is 0 Å². The van der Waals surface area contributed by atoms with Crippen molar-refractivity contribution in [2.45, 2.75) is 6.42 Å². The zero-order valence-electron chi connectivity index (χ0n) is 8.25.